The van der Waals surface area contributed by atoms with E-state index in [2.05, 4.69) is 163 Å². The molecule has 3 aliphatic heterocycles. The molecular weight excluding hydrogens is 1540 g/mol. The average molecular weight is 1690 g/mol. The Bertz CT molecular complexity index is 4510. The maximum absolute atomic E-state index is 11.3. The highest BCUT2D eigenvalue weighted by Crippen LogP contribution is 2.54. The molecule has 670 valence electrons. The van der Waals surface area contributed by atoms with E-state index in [4.69, 9.17) is 45.9 Å². The second-order valence-corrected chi connectivity index (χ2v) is 40.6. The summed E-state index contributed by atoms with van der Waals surface area (Å²) in [6, 6.07) is 0. The number of carbonyl (C=O) groups is 1. The van der Waals surface area contributed by atoms with E-state index in [9.17, 15) is 15.0 Å². The number of nitrogens with zero attached hydrogens (tertiary/aromatic N) is 7. The van der Waals surface area contributed by atoms with Crippen molar-refractivity contribution in [1.29, 1.82) is 0 Å². The van der Waals surface area contributed by atoms with Crippen LogP contribution >= 0.6 is 0 Å². The van der Waals surface area contributed by atoms with Crippen LogP contribution in [0.15, 0.2) is 62.0 Å². The number of ketones is 1. The van der Waals surface area contributed by atoms with Crippen molar-refractivity contribution in [3.8, 4) is 0 Å². The van der Waals surface area contributed by atoms with Crippen LogP contribution in [0.2, 0.25) is 0 Å². The molecule has 14 aliphatic rings. The smallest absolute Gasteiger partial charge is 0.147 e. The number of carbonyl (C=O) groups excluding carboxylic acids is 1. The Balaban J connectivity index is 0.000000111. The van der Waals surface area contributed by atoms with Crippen LogP contribution in [0.1, 0.15) is 530 Å². The second kappa shape index (κ2) is 40.7. The summed E-state index contributed by atoms with van der Waals surface area (Å²) in [6.07, 6.45) is 47.7. The van der Waals surface area contributed by atoms with Crippen molar-refractivity contribution in [2.24, 2.45) is 0 Å². The van der Waals surface area contributed by atoms with Crippen LogP contribution < -0.4 is 0 Å². The first-order valence-electron chi connectivity index (χ1n) is 48.5. The van der Waals surface area contributed by atoms with Crippen LogP contribution in [-0.4, -0.2) is 96.8 Å². The first-order valence-corrected chi connectivity index (χ1v) is 48.5. The molecule has 3 unspecified atom stereocenters. The highest BCUT2D eigenvalue weighted by molar-refractivity contribution is 5.87. The lowest BCUT2D eigenvalue weighted by Crippen LogP contribution is -2.25. The summed E-state index contributed by atoms with van der Waals surface area (Å²) in [5.41, 5.74) is 23.3. The van der Waals surface area contributed by atoms with Gasteiger partial charge in [-0.3, -0.25) is 4.79 Å². The second-order valence-electron chi connectivity index (χ2n) is 40.6. The molecule has 2 saturated heterocycles. The van der Waals surface area contributed by atoms with Crippen molar-refractivity contribution in [1.82, 2.24) is 36.1 Å². The Morgan fingerprint density at radius 2 is 0.732 bits per heavy atom. The number of aromatic nitrogens is 7. The fourth-order valence-corrected chi connectivity index (χ4v) is 18.7. The minimum atomic E-state index is -0.543. The number of rotatable bonds is 21. The fraction of sp³-hybridized carbons (Fsp3) is 0.689. The third-order valence-electron chi connectivity index (χ3n) is 27.1. The van der Waals surface area contributed by atoms with E-state index in [1.54, 1.807) is 0 Å². The molecule has 0 bridgehead atoms. The molecule has 21 rings (SSSR count). The molecule has 11 aliphatic carbocycles. The number of aliphatic hydroxyl groups is 2. The Kier molecular flexibility index (Phi) is 29.9. The van der Waals surface area contributed by atoms with Gasteiger partial charge in [0.2, 0.25) is 0 Å². The van der Waals surface area contributed by atoms with Gasteiger partial charge < -0.3 is 56.1 Å². The van der Waals surface area contributed by atoms with E-state index >= 15 is 0 Å². The fourth-order valence-electron chi connectivity index (χ4n) is 18.7. The maximum atomic E-state index is 11.3. The molecule has 2 N–H and O–H groups in total. The van der Waals surface area contributed by atoms with Crippen molar-refractivity contribution in [3.63, 3.8) is 0 Å². The van der Waals surface area contributed by atoms with Crippen LogP contribution in [0.3, 0.4) is 0 Å². The largest absolute Gasteiger partial charge is 0.393 e. The highest BCUT2D eigenvalue weighted by atomic mass is 16.5. The molecule has 3 atom stereocenters. The predicted octanol–water partition coefficient (Wildman–Crippen LogP) is 27.0. The normalized spacial score (nSPS) is 23.2. The van der Waals surface area contributed by atoms with Gasteiger partial charge in [0.25, 0.3) is 0 Å². The molecule has 7 aromatic rings. The van der Waals surface area contributed by atoms with Crippen LogP contribution in [0.25, 0.3) is 27.9 Å². The van der Waals surface area contributed by atoms with Crippen molar-refractivity contribution >= 4 is 33.6 Å². The molecule has 9 fully saturated rings. The Morgan fingerprint density at radius 1 is 0.341 bits per heavy atom. The summed E-state index contributed by atoms with van der Waals surface area (Å²) in [5.74, 6) is 16.1. The first kappa shape index (κ1) is 90.4. The SMILES string of the molecule is CC(C)c1noc(C2CC2)c1C1=CCC(=O)CC1.CC(C)c1noc(C2CC2)c1C1=CCC(C)(O)CC1.CC(C)c1noc(C2CC2)c1C1=CCC(O)CC1.CC(C)c1noc(C2CC2)c1C1=CCCCC1.CC(C)c1noc(C2CC2)c1C1=CCOCC1.CC(C)c1noc(C2CC2)c1C1CCCCO1.CC(C)c1noc(C2CC2)c1C1CCOCC1. The highest BCUT2D eigenvalue weighted by Gasteiger charge is 2.43. The van der Waals surface area contributed by atoms with Gasteiger partial charge in [0, 0.05) is 113 Å². The average Bonchev–Trinajstić information content (AvgIpc) is 1.67. The molecule has 0 aromatic carbocycles. The Hall–Kier alpha value is -7.36. The topological polar surface area (TPSA) is 267 Å². The van der Waals surface area contributed by atoms with Gasteiger partial charge in [-0.15, -0.1) is 0 Å². The van der Waals surface area contributed by atoms with Crippen LogP contribution in [0.5, 0.6) is 0 Å². The minimum Gasteiger partial charge on any atom is -0.393 e. The van der Waals surface area contributed by atoms with E-state index < -0.39 is 5.60 Å². The van der Waals surface area contributed by atoms with E-state index in [0.717, 1.165) is 161 Å². The molecule has 7 aromatic heterocycles. The number of aliphatic hydroxyl groups excluding tert-OH is 1. The molecule has 20 nitrogen and oxygen atoms in total. The lowest BCUT2D eigenvalue weighted by molar-refractivity contribution is -0.118. The number of ether oxygens (including phenoxy) is 3. The van der Waals surface area contributed by atoms with Crippen LogP contribution in [0, 0.1) is 0 Å². The number of hydrogen-bond acceptors (Lipinski definition) is 20. The minimum absolute atomic E-state index is 0.166. The number of allylic oxidation sites excluding steroid dienone is 6. The zero-order valence-corrected chi connectivity index (χ0v) is 77.1. The van der Waals surface area contributed by atoms with Gasteiger partial charge >= 0.3 is 0 Å². The lowest BCUT2D eigenvalue weighted by Gasteiger charge is -2.27. The Labute approximate surface area is 731 Å². The zero-order chi connectivity index (χ0) is 86.3. The molecule has 0 radical (unpaired) electrons. The molecule has 0 spiro atoms. The van der Waals surface area contributed by atoms with Gasteiger partial charge in [0.15, 0.2) is 0 Å². The molecule has 7 saturated carbocycles. The quantitative estimate of drug-likeness (QED) is 0.0677. The summed E-state index contributed by atoms with van der Waals surface area (Å²) < 4.78 is 56.1. The predicted molar refractivity (Wildman–Crippen MR) is 480 cm³/mol. The van der Waals surface area contributed by atoms with Crippen LogP contribution in [-0.2, 0) is 19.0 Å². The molecule has 20 heteroatoms. The van der Waals surface area contributed by atoms with Crippen molar-refractivity contribution in [3.05, 3.63) is 150 Å². The van der Waals surface area contributed by atoms with E-state index in [-0.39, 0.29) is 12.2 Å². The van der Waals surface area contributed by atoms with Crippen LogP contribution in [0.4, 0.5) is 0 Å². The third-order valence-corrected chi connectivity index (χ3v) is 27.1. The first-order chi connectivity index (χ1) is 59.4. The summed E-state index contributed by atoms with van der Waals surface area (Å²) in [4.78, 5) is 11.3. The number of Topliss-reactive ketones (excluding diaryl/α,β-unsaturated/α-hetero) is 1. The zero-order valence-electron chi connectivity index (χ0n) is 77.1. The van der Waals surface area contributed by atoms with Gasteiger partial charge in [-0.25, -0.2) is 0 Å². The lowest BCUT2D eigenvalue weighted by atomic mass is 9.82. The molecular formula is C103H145N7O13. The van der Waals surface area contributed by atoms with E-state index in [1.165, 1.54) is 218 Å². The van der Waals surface area contributed by atoms with Gasteiger partial charge in [-0.2, -0.15) is 0 Å². The maximum Gasteiger partial charge on any atom is 0.147 e. The standard InChI is InChI=1S/C16H23NO2.C15H21NO2.C15H19NO2.C15H21NO.C14H21NO2.C14H19NO2.C14H21NO2/c1-10(2)14-13(15(19-17-14)12-4-5-12)11-6-8-16(3,18)9-7-11;2*1-9(2)14-13(10-5-7-12(17)8-6-10)15(18-16-14)11-3-4-11;1-10(2)14-13(11-6-4-3-5-7-11)15(17-16-14)12-8-9-12;2*1-9(2)13-12(10-5-7-16-8-6-10)14(17-15-13)11-3-4-11;1-9(2)13-12(11-5-3-4-8-16-11)14(17-15-13)10-6-7-10/h6,10,12,18H,4-5,7-9H2,1-3H3;5,9,11-12,17H,3-4,6-8H2,1-2H3;5,9,11H,3-4,6-8H2,1-2H3;6,10,12H,3-5,7-9H2,1-2H3;9-11H,3-8H2,1-2H3;5,9,11H,3-4,6-8H2,1-2H3;9-11H,3-8H2,1-2H3. The molecule has 10 heterocycles. The van der Waals surface area contributed by atoms with Crippen molar-refractivity contribution < 1.29 is 60.9 Å². The molecule has 0 amide bonds. The van der Waals surface area contributed by atoms with Gasteiger partial charge in [0.05, 0.1) is 70.9 Å². The van der Waals surface area contributed by atoms with Crippen molar-refractivity contribution in [2.45, 2.75) is 422 Å². The van der Waals surface area contributed by atoms with E-state index in [0.29, 0.717) is 107 Å². The van der Waals surface area contributed by atoms with E-state index in [1.807, 2.05) is 6.92 Å². The van der Waals surface area contributed by atoms with Gasteiger partial charge in [-0.05, 0) is 281 Å². The van der Waals surface area contributed by atoms with Gasteiger partial charge in [0.1, 0.15) is 46.1 Å². The monoisotopic (exact) mass is 1690 g/mol. The van der Waals surface area contributed by atoms with Crippen molar-refractivity contribution in [2.75, 3.05) is 33.0 Å². The summed E-state index contributed by atoms with van der Waals surface area (Å²) in [6.45, 7) is 36.6. The Morgan fingerprint density at radius 3 is 1.08 bits per heavy atom. The van der Waals surface area contributed by atoms with Gasteiger partial charge in [-0.1, -0.05) is 163 Å². The summed E-state index contributed by atoms with van der Waals surface area (Å²) >= 11 is 0. The summed E-state index contributed by atoms with van der Waals surface area (Å²) in [7, 11) is 0. The number of hydrogen-bond donors (Lipinski definition) is 2. The molecule has 123 heavy (non-hydrogen) atoms. The summed E-state index contributed by atoms with van der Waals surface area (Å²) in [5, 5.41) is 49.8. The third kappa shape index (κ3) is 22.8.